The first-order valence-corrected chi connectivity index (χ1v) is 10.1. The van der Waals surface area contributed by atoms with E-state index in [0.29, 0.717) is 0 Å². The van der Waals surface area contributed by atoms with E-state index in [0.717, 1.165) is 30.0 Å². The summed E-state index contributed by atoms with van der Waals surface area (Å²) >= 11 is 0. The third kappa shape index (κ3) is 7.94. The second kappa shape index (κ2) is 12.4. The zero-order valence-corrected chi connectivity index (χ0v) is 16.1. The van der Waals surface area contributed by atoms with Crippen LogP contribution in [0.2, 0.25) is 0 Å². The van der Waals surface area contributed by atoms with Gasteiger partial charge in [0.15, 0.2) is 11.5 Å². The summed E-state index contributed by atoms with van der Waals surface area (Å²) in [6.07, 6.45) is 16.4. The Hall–Kier alpha value is -1.97. The molecule has 4 nitrogen and oxygen atoms in total. The molecular weight excluding hydrogens is 326 g/mol. The number of hydrogen-bond donors (Lipinski definition) is 1. The van der Waals surface area contributed by atoms with Crippen LogP contribution in [-0.4, -0.2) is 19.2 Å². The minimum absolute atomic E-state index is 0.0430. The molecule has 0 atom stereocenters. The molecule has 0 aromatic heterocycles. The van der Waals surface area contributed by atoms with Crippen molar-refractivity contribution in [1.29, 1.82) is 0 Å². The summed E-state index contributed by atoms with van der Waals surface area (Å²) in [5, 5.41) is 2.95. The zero-order chi connectivity index (χ0) is 18.5. The molecule has 144 valence electrons. The first kappa shape index (κ1) is 20.3. The molecule has 1 aromatic rings. The van der Waals surface area contributed by atoms with Crippen LogP contribution in [-0.2, 0) is 4.79 Å². The first-order valence-electron chi connectivity index (χ1n) is 10.1. The van der Waals surface area contributed by atoms with Crippen molar-refractivity contribution in [1.82, 2.24) is 5.32 Å². The average Bonchev–Trinajstić information content (AvgIpc) is 3.12. The molecule has 0 unspecified atom stereocenters. The van der Waals surface area contributed by atoms with Crippen molar-refractivity contribution in [3.05, 3.63) is 29.8 Å². The Bertz CT molecular complexity index is 569. The Balaban J connectivity index is 1.47. The van der Waals surface area contributed by atoms with Crippen molar-refractivity contribution < 1.29 is 14.3 Å². The highest BCUT2D eigenvalue weighted by atomic mass is 16.7. The fraction of sp³-hybridized carbons (Fsp3) is 0.591. The average molecular weight is 360 g/mol. The first-order chi connectivity index (χ1) is 12.8. The summed E-state index contributed by atoms with van der Waals surface area (Å²) in [6.45, 7) is 3.27. The summed E-state index contributed by atoms with van der Waals surface area (Å²) in [5.74, 6) is 1.45. The van der Waals surface area contributed by atoms with Crippen LogP contribution in [0.25, 0.3) is 6.08 Å². The van der Waals surface area contributed by atoms with E-state index in [9.17, 15) is 4.79 Å². The fourth-order valence-electron chi connectivity index (χ4n) is 3.07. The van der Waals surface area contributed by atoms with Gasteiger partial charge < -0.3 is 14.8 Å². The maximum Gasteiger partial charge on any atom is 0.243 e. The highest BCUT2D eigenvalue weighted by Crippen LogP contribution is 2.32. The molecule has 0 saturated heterocycles. The molecule has 0 bridgehead atoms. The Labute approximate surface area is 158 Å². The van der Waals surface area contributed by atoms with E-state index < -0.39 is 0 Å². The highest BCUT2D eigenvalue weighted by molar-refractivity contribution is 5.91. The quantitative estimate of drug-likeness (QED) is 0.375. The third-order valence-electron chi connectivity index (χ3n) is 4.65. The smallest absolute Gasteiger partial charge is 0.243 e. The molecule has 2 rings (SSSR count). The van der Waals surface area contributed by atoms with Crippen molar-refractivity contribution in [2.24, 2.45) is 0 Å². The second-order valence-corrected chi connectivity index (χ2v) is 6.92. The van der Waals surface area contributed by atoms with Gasteiger partial charge in [0.25, 0.3) is 0 Å². The Kier molecular flexibility index (Phi) is 9.70. The van der Waals surface area contributed by atoms with Crippen LogP contribution >= 0.6 is 0 Å². The highest BCUT2D eigenvalue weighted by Gasteiger charge is 2.12. The lowest BCUT2D eigenvalue weighted by atomic mass is 10.1. The third-order valence-corrected chi connectivity index (χ3v) is 4.65. The van der Waals surface area contributed by atoms with E-state index in [-0.39, 0.29) is 12.7 Å². The minimum Gasteiger partial charge on any atom is -0.454 e. The lowest BCUT2D eigenvalue weighted by Crippen LogP contribution is -2.21. The number of carbonyl (C=O) groups is 1. The second-order valence-electron chi connectivity index (χ2n) is 6.92. The molecule has 0 spiro atoms. The normalized spacial score (nSPS) is 12.7. The lowest BCUT2D eigenvalue weighted by molar-refractivity contribution is -0.116. The van der Waals surface area contributed by atoms with E-state index in [1.54, 1.807) is 12.2 Å². The molecule has 0 radical (unpaired) electrons. The van der Waals surface area contributed by atoms with Crippen molar-refractivity contribution >= 4 is 12.0 Å². The van der Waals surface area contributed by atoms with Crippen molar-refractivity contribution in [3.8, 4) is 11.5 Å². The van der Waals surface area contributed by atoms with Gasteiger partial charge in [0.1, 0.15) is 0 Å². The summed E-state index contributed by atoms with van der Waals surface area (Å²) in [5.41, 5.74) is 0.934. The molecule has 1 aliphatic rings. The van der Waals surface area contributed by atoms with Gasteiger partial charge in [0, 0.05) is 12.6 Å². The molecule has 4 heteroatoms. The largest absolute Gasteiger partial charge is 0.454 e. The molecule has 1 N–H and O–H groups in total. The van der Waals surface area contributed by atoms with Gasteiger partial charge >= 0.3 is 0 Å². The zero-order valence-electron chi connectivity index (χ0n) is 16.1. The van der Waals surface area contributed by atoms with E-state index in [4.69, 9.17) is 9.47 Å². The maximum atomic E-state index is 11.9. The van der Waals surface area contributed by atoms with Gasteiger partial charge in [-0.25, -0.2) is 0 Å². The number of ether oxygens (including phenoxy) is 2. The molecule has 1 aromatic carbocycles. The van der Waals surface area contributed by atoms with Gasteiger partial charge in [-0.3, -0.25) is 4.79 Å². The molecule has 0 aliphatic carbocycles. The van der Waals surface area contributed by atoms with Gasteiger partial charge in [-0.05, 0) is 30.2 Å². The lowest BCUT2D eigenvalue weighted by Gasteiger charge is -2.03. The number of fused-ring (bicyclic) bond motifs is 1. The molecule has 0 saturated carbocycles. The summed E-state index contributed by atoms with van der Waals surface area (Å²) in [4.78, 5) is 11.9. The van der Waals surface area contributed by atoms with E-state index >= 15 is 0 Å². The SMILES string of the molecule is CCCCCCCCCCCCNC(=O)/C=C/c1ccc2c(c1)OCO2. The topological polar surface area (TPSA) is 47.6 Å². The number of hydrogen-bond acceptors (Lipinski definition) is 3. The van der Waals surface area contributed by atoms with E-state index in [1.807, 2.05) is 18.2 Å². The molecule has 1 aliphatic heterocycles. The number of carbonyl (C=O) groups excluding carboxylic acids is 1. The van der Waals surface area contributed by atoms with Gasteiger partial charge in [0.2, 0.25) is 12.7 Å². The predicted octanol–water partition coefficient (Wildman–Crippen LogP) is 5.47. The molecule has 26 heavy (non-hydrogen) atoms. The van der Waals surface area contributed by atoms with Gasteiger partial charge in [0.05, 0.1) is 0 Å². The van der Waals surface area contributed by atoms with Crippen LogP contribution in [0.3, 0.4) is 0 Å². The number of unbranched alkanes of at least 4 members (excludes halogenated alkanes) is 9. The van der Waals surface area contributed by atoms with Crippen LogP contribution < -0.4 is 14.8 Å². The van der Waals surface area contributed by atoms with Crippen LogP contribution in [0.5, 0.6) is 11.5 Å². The van der Waals surface area contributed by atoms with Crippen molar-refractivity contribution in [2.75, 3.05) is 13.3 Å². The van der Waals surface area contributed by atoms with Crippen LogP contribution in [0.4, 0.5) is 0 Å². The van der Waals surface area contributed by atoms with E-state index in [2.05, 4.69) is 12.2 Å². The predicted molar refractivity (Wildman–Crippen MR) is 106 cm³/mol. The number of benzene rings is 1. The van der Waals surface area contributed by atoms with Gasteiger partial charge in [-0.1, -0.05) is 70.8 Å². The van der Waals surface area contributed by atoms with Crippen LogP contribution in [0.1, 0.15) is 76.7 Å². The van der Waals surface area contributed by atoms with Gasteiger partial charge in [-0.2, -0.15) is 0 Å². The number of nitrogens with one attached hydrogen (secondary N) is 1. The van der Waals surface area contributed by atoms with Crippen LogP contribution in [0.15, 0.2) is 24.3 Å². The molecule has 1 heterocycles. The van der Waals surface area contributed by atoms with Gasteiger partial charge in [-0.15, -0.1) is 0 Å². The summed E-state index contributed by atoms with van der Waals surface area (Å²) < 4.78 is 10.6. The Morgan fingerprint density at radius 2 is 1.62 bits per heavy atom. The summed E-state index contributed by atoms with van der Waals surface area (Å²) in [7, 11) is 0. The minimum atomic E-state index is -0.0430. The number of amides is 1. The molecular formula is C22H33NO3. The molecule has 0 fully saturated rings. The molecule has 1 amide bonds. The Morgan fingerprint density at radius 1 is 0.962 bits per heavy atom. The van der Waals surface area contributed by atoms with Crippen molar-refractivity contribution in [2.45, 2.75) is 71.1 Å². The van der Waals surface area contributed by atoms with E-state index in [1.165, 1.54) is 57.8 Å². The fourth-order valence-corrected chi connectivity index (χ4v) is 3.07. The maximum absolute atomic E-state index is 11.9. The van der Waals surface area contributed by atoms with Crippen molar-refractivity contribution in [3.63, 3.8) is 0 Å². The Morgan fingerprint density at radius 3 is 2.35 bits per heavy atom. The van der Waals surface area contributed by atoms with Crippen LogP contribution in [0, 0.1) is 0 Å². The summed E-state index contributed by atoms with van der Waals surface area (Å²) in [6, 6.07) is 5.66. The monoisotopic (exact) mass is 359 g/mol. The number of rotatable bonds is 13. The standard InChI is InChI=1S/C22H33NO3/c1-2-3-4-5-6-7-8-9-10-11-16-23-22(24)15-13-19-12-14-20-21(17-19)26-18-25-20/h12-15,17H,2-11,16,18H2,1H3,(H,23,24)/b15-13+.